The zero-order valence-corrected chi connectivity index (χ0v) is 5.41. The molecule has 0 saturated carbocycles. The van der Waals surface area contributed by atoms with E-state index in [9.17, 15) is 8.42 Å². The molecule has 1 rings (SSSR count). The molecule has 1 aromatic heterocycles. The summed E-state index contributed by atoms with van der Waals surface area (Å²) in [5.41, 5.74) is 0. The third-order valence-electron chi connectivity index (χ3n) is 0.709. The lowest BCUT2D eigenvalue weighted by Crippen LogP contribution is -2.00. The molecule has 1 aromatic rings. The smallest absolute Gasteiger partial charge is 0.282 e. The molecule has 0 fully saturated rings. The van der Waals surface area contributed by atoms with Crippen LogP contribution in [0.1, 0.15) is 0 Å². The molecule has 0 unspecified atom stereocenters. The standard InChI is InChI=1S/C3H2N3O3S/c7-10(8,9)3-1-4-6-5-2-3/h1H,(H,7,8,9). The molecule has 0 aliphatic heterocycles. The highest BCUT2D eigenvalue weighted by atomic mass is 32.2. The van der Waals surface area contributed by atoms with E-state index in [1.165, 1.54) is 0 Å². The van der Waals surface area contributed by atoms with E-state index in [1.807, 2.05) is 6.20 Å². The molecule has 10 heavy (non-hydrogen) atoms. The molecule has 6 nitrogen and oxygen atoms in total. The lowest BCUT2D eigenvalue weighted by atomic mass is 10.7. The third-order valence-corrected chi connectivity index (χ3v) is 1.46. The number of hydrogen-bond acceptors (Lipinski definition) is 5. The summed E-state index contributed by atoms with van der Waals surface area (Å²) in [6.45, 7) is 0. The monoisotopic (exact) mass is 160 g/mol. The first-order chi connectivity index (χ1) is 4.61. The molecule has 7 heteroatoms. The Labute approximate surface area is 56.7 Å². The van der Waals surface area contributed by atoms with Gasteiger partial charge in [-0.15, -0.1) is 10.2 Å². The average molecular weight is 160 g/mol. The maximum absolute atomic E-state index is 10.2. The van der Waals surface area contributed by atoms with E-state index in [-0.39, 0.29) is 0 Å². The van der Waals surface area contributed by atoms with Gasteiger partial charge in [0.1, 0.15) is 11.1 Å². The SMILES string of the molecule is O=S(=O)(O)c1[c]nnnc1. The zero-order chi connectivity index (χ0) is 7.61. The predicted molar refractivity (Wildman–Crippen MR) is 28.5 cm³/mol. The second kappa shape index (κ2) is 2.27. The van der Waals surface area contributed by atoms with E-state index in [2.05, 4.69) is 15.4 Å². The molecule has 1 radical (unpaired) electrons. The van der Waals surface area contributed by atoms with Crippen LogP contribution in [-0.2, 0) is 10.1 Å². The van der Waals surface area contributed by atoms with Gasteiger partial charge in [0.2, 0.25) is 0 Å². The molecular formula is C3H2N3O3S. The summed E-state index contributed by atoms with van der Waals surface area (Å²) < 4.78 is 28.8. The van der Waals surface area contributed by atoms with Crippen molar-refractivity contribution in [1.29, 1.82) is 0 Å². The number of hydrogen-bond donors (Lipinski definition) is 1. The van der Waals surface area contributed by atoms with Gasteiger partial charge in [-0.05, 0) is 5.21 Å². The van der Waals surface area contributed by atoms with Crippen molar-refractivity contribution in [2.24, 2.45) is 0 Å². The Balaban J connectivity index is 3.22. The molecule has 0 bridgehead atoms. The first-order valence-electron chi connectivity index (χ1n) is 2.14. The topological polar surface area (TPSA) is 93.0 Å². The van der Waals surface area contributed by atoms with Crippen molar-refractivity contribution >= 4 is 10.1 Å². The Kier molecular flexibility index (Phi) is 1.60. The third kappa shape index (κ3) is 1.45. The second-order valence-corrected chi connectivity index (χ2v) is 2.78. The predicted octanol–water partition coefficient (Wildman–Crippen LogP) is -1.08. The molecule has 0 aliphatic rings. The summed E-state index contributed by atoms with van der Waals surface area (Å²) in [5, 5.41) is 9.17. The summed E-state index contributed by atoms with van der Waals surface area (Å²) in [6.07, 6.45) is 2.80. The largest absolute Gasteiger partial charge is 0.298 e. The quantitative estimate of drug-likeness (QED) is 0.525. The first kappa shape index (κ1) is 7.03. The Morgan fingerprint density at radius 3 is 2.60 bits per heavy atom. The first-order valence-corrected chi connectivity index (χ1v) is 3.58. The Bertz CT molecular complexity index is 307. The minimum absolute atomic E-state index is 0.484. The van der Waals surface area contributed by atoms with Crippen molar-refractivity contribution in [2.75, 3.05) is 0 Å². The van der Waals surface area contributed by atoms with Crippen LogP contribution >= 0.6 is 0 Å². The van der Waals surface area contributed by atoms with Gasteiger partial charge in [0.25, 0.3) is 10.1 Å². The minimum atomic E-state index is -4.22. The van der Waals surface area contributed by atoms with E-state index in [0.29, 0.717) is 0 Å². The Morgan fingerprint density at radius 1 is 1.60 bits per heavy atom. The Morgan fingerprint density at radius 2 is 2.30 bits per heavy atom. The van der Waals surface area contributed by atoms with Crippen LogP contribution in [0, 0.1) is 6.20 Å². The minimum Gasteiger partial charge on any atom is -0.282 e. The van der Waals surface area contributed by atoms with Gasteiger partial charge < -0.3 is 0 Å². The molecule has 0 amide bonds. The van der Waals surface area contributed by atoms with Gasteiger partial charge in [0, 0.05) is 0 Å². The fourth-order valence-corrected chi connectivity index (χ4v) is 0.665. The van der Waals surface area contributed by atoms with E-state index < -0.39 is 15.0 Å². The van der Waals surface area contributed by atoms with Gasteiger partial charge >= 0.3 is 0 Å². The fourth-order valence-electron chi connectivity index (χ4n) is 0.329. The average Bonchev–Trinajstić information content (AvgIpc) is 1.88. The normalized spacial score (nSPS) is 11.3. The van der Waals surface area contributed by atoms with Gasteiger partial charge in [0.15, 0.2) is 0 Å². The van der Waals surface area contributed by atoms with Crippen LogP contribution in [0.2, 0.25) is 0 Å². The van der Waals surface area contributed by atoms with Crippen LogP contribution in [-0.4, -0.2) is 28.4 Å². The van der Waals surface area contributed by atoms with E-state index in [0.717, 1.165) is 6.20 Å². The molecule has 0 aromatic carbocycles. The van der Waals surface area contributed by atoms with Gasteiger partial charge in [-0.25, -0.2) is 0 Å². The van der Waals surface area contributed by atoms with Crippen LogP contribution in [0.25, 0.3) is 0 Å². The zero-order valence-electron chi connectivity index (χ0n) is 4.59. The molecule has 0 atom stereocenters. The van der Waals surface area contributed by atoms with E-state index in [1.54, 1.807) is 0 Å². The lowest BCUT2D eigenvalue weighted by molar-refractivity contribution is 0.481. The molecule has 53 valence electrons. The van der Waals surface area contributed by atoms with Crippen molar-refractivity contribution in [3.05, 3.63) is 12.4 Å². The number of rotatable bonds is 1. The van der Waals surface area contributed by atoms with Crippen LogP contribution in [0.15, 0.2) is 11.1 Å². The van der Waals surface area contributed by atoms with Crippen molar-refractivity contribution in [3.8, 4) is 0 Å². The van der Waals surface area contributed by atoms with Crippen LogP contribution in [0.5, 0.6) is 0 Å². The molecule has 0 spiro atoms. The van der Waals surface area contributed by atoms with Crippen LogP contribution in [0.4, 0.5) is 0 Å². The highest BCUT2D eigenvalue weighted by molar-refractivity contribution is 7.85. The molecule has 0 aliphatic carbocycles. The number of aromatic nitrogens is 3. The summed E-state index contributed by atoms with van der Waals surface area (Å²) in [6, 6.07) is 0. The van der Waals surface area contributed by atoms with Gasteiger partial charge in [-0.2, -0.15) is 8.42 Å². The van der Waals surface area contributed by atoms with Crippen molar-refractivity contribution in [1.82, 2.24) is 15.4 Å². The molecule has 1 heterocycles. The van der Waals surface area contributed by atoms with Gasteiger partial charge in [-0.3, -0.25) is 4.55 Å². The molecule has 1 N–H and O–H groups in total. The second-order valence-electron chi connectivity index (χ2n) is 1.39. The maximum atomic E-state index is 10.2. The fraction of sp³-hybridized carbons (Fsp3) is 0. The van der Waals surface area contributed by atoms with Gasteiger partial charge in [0.05, 0.1) is 6.20 Å². The highest BCUT2D eigenvalue weighted by Crippen LogP contribution is 1.99. The Hall–Kier alpha value is -1.08. The maximum Gasteiger partial charge on any atom is 0.298 e. The number of nitrogens with zero attached hydrogens (tertiary/aromatic N) is 3. The van der Waals surface area contributed by atoms with Crippen LogP contribution in [0.3, 0.4) is 0 Å². The summed E-state index contributed by atoms with van der Waals surface area (Å²) in [4.78, 5) is -0.484. The molecule has 0 saturated heterocycles. The van der Waals surface area contributed by atoms with E-state index in [4.69, 9.17) is 4.55 Å². The summed E-state index contributed by atoms with van der Waals surface area (Å²) in [5.74, 6) is 0. The van der Waals surface area contributed by atoms with Gasteiger partial charge in [-0.1, -0.05) is 0 Å². The van der Waals surface area contributed by atoms with Crippen LogP contribution < -0.4 is 0 Å². The van der Waals surface area contributed by atoms with Crippen molar-refractivity contribution in [2.45, 2.75) is 4.90 Å². The summed E-state index contributed by atoms with van der Waals surface area (Å²) in [7, 11) is -4.22. The molecular weight excluding hydrogens is 158 g/mol. The van der Waals surface area contributed by atoms with E-state index >= 15 is 0 Å². The van der Waals surface area contributed by atoms with Crippen molar-refractivity contribution < 1.29 is 13.0 Å². The highest BCUT2D eigenvalue weighted by Gasteiger charge is 2.09. The lowest BCUT2D eigenvalue weighted by Gasteiger charge is -1.88. The summed E-state index contributed by atoms with van der Waals surface area (Å²) >= 11 is 0. The van der Waals surface area contributed by atoms with Crippen molar-refractivity contribution in [3.63, 3.8) is 0 Å².